The molecule has 0 aliphatic rings. The maximum absolute atomic E-state index is 5.72. The number of nitrogens with one attached hydrogen (secondary N) is 1. The molecule has 4 heteroatoms. The van der Waals surface area contributed by atoms with Gasteiger partial charge in [0.1, 0.15) is 6.61 Å². The molecule has 1 aromatic carbocycles. The number of hydrogen-bond donors (Lipinski definition) is 1. The highest BCUT2D eigenvalue weighted by Crippen LogP contribution is 2.13. The highest BCUT2D eigenvalue weighted by Gasteiger charge is 2.00. The Labute approximate surface area is 128 Å². The van der Waals surface area contributed by atoms with E-state index in [-0.39, 0.29) is 0 Å². The Kier molecular flexibility index (Phi) is 6.02. The molecule has 2 rings (SSSR count). The number of aromatic nitrogens is 1. The number of nitrogens with zero attached hydrogens (tertiary/aromatic N) is 1. The van der Waals surface area contributed by atoms with Crippen LogP contribution in [-0.4, -0.2) is 11.5 Å². The van der Waals surface area contributed by atoms with Crippen LogP contribution in [0.15, 0.2) is 46.9 Å². The van der Waals surface area contributed by atoms with Crippen LogP contribution in [0.3, 0.4) is 0 Å². The van der Waals surface area contributed by atoms with Gasteiger partial charge < -0.3 is 10.1 Å². The third-order valence-corrected chi connectivity index (χ3v) is 3.34. The number of ether oxygens (including phenoxy) is 1. The van der Waals surface area contributed by atoms with Gasteiger partial charge in [-0.15, -0.1) is 0 Å². The van der Waals surface area contributed by atoms with Gasteiger partial charge in [0, 0.05) is 17.1 Å². The highest BCUT2D eigenvalue weighted by atomic mass is 79.9. The van der Waals surface area contributed by atoms with E-state index in [1.54, 1.807) is 0 Å². The van der Waals surface area contributed by atoms with Gasteiger partial charge >= 0.3 is 0 Å². The third-order valence-electron chi connectivity index (χ3n) is 2.81. The predicted molar refractivity (Wildman–Crippen MR) is 84.7 cm³/mol. The lowest BCUT2D eigenvalue weighted by Crippen LogP contribution is -2.14. The van der Waals surface area contributed by atoms with E-state index in [9.17, 15) is 0 Å². The smallest absolute Gasteiger partial charge is 0.213 e. The van der Waals surface area contributed by atoms with Gasteiger partial charge in [-0.05, 0) is 36.7 Å². The maximum atomic E-state index is 5.72. The summed E-state index contributed by atoms with van der Waals surface area (Å²) in [7, 11) is 0. The Hall–Kier alpha value is -1.39. The Morgan fingerprint density at radius 1 is 1.15 bits per heavy atom. The second kappa shape index (κ2) is 8.02. The first-order valence-electron chi connectivity index (χ1n) is 6.82. The molecule has 0 unspecified atom stereocenters. The number of pyridine rings is 1. The van der Waals surface area contributed by atoms with Crippen molar-refractivity contribution in [3.63, 3.8) is 0 Å². The van der Waals surface area contributed by atoms with Crippen molar-refractivity contribution < 1.29 is 4.74 Å². The molecule has 0 spiro atoms. The molecule has 1 heterocycles. The molecule has 3 nitrogen and oxygen atoms in total. The van der Waals surface area contributed by atoms with Crippen molar-refractivity contribution in [1.29, 1.82) is 0 Å². The zero-order chi connectivity index (χ0) is 14.2. The van der Waals surface area contributed by atoms with Crippen LogP contribution in [0.4, 0.5) is 0 Å². The van der Waals surface area contributed by atoms with Crippen LogP contribution in [0.1, 0.15) is 24.6 Å². The van der Waals surface area contributed by atoms with Crippen LogP contribution >= 0.6 is 15.9 Å². The summed E-state index contributed by atoms with van der Waals surface area (Å²) in [4.78, 5) is 4.48. The van der Waals surface area contributed by atoms with E-state index >= 15 is 0 Å². The van der Waals surface area contributed by atoms with Crippen LogP contribution in [-0.2, 0) is 13.2 Å². The molecule has 0 atom stereocenters. The minimum atomic E-state index is 0.534. The summed E-state index contributed by atoms with van der Waals surface area (Å²) in [6.07, 6.45) is 1.12. The third kappa shape index (κ3) is 4.94. The van der Waals surface area contributed by atoms with Gasteiger partial charge in [-0.3, -0.25) is 0 Å². The second-order valence-corrected chi connectivity index (χ2v) is 5.47. The lowest BCUT2D eigenvalue weighted by atomic mass is 10.2. The minimum absolute atomic E-state index is 0.534. The molecule has 0 amide bonds. The van der Waals surface area contributed by atoms with Crippen LogP contribution < -0.4 is 10.1 Å². The van der Waals surface area contributed by atoms with Crippen molar-refractivity contribution >= 4 is 15.9 Å². The molecule has 1 N–H and O–H groups in total. The van der Waals surface area contributed by atoms with E-state index in [0.717, 1.165) is 35.2 Å². The van der Waals surface area contributed by atoms with Crippen molar-refractivity contribution in [2.24, 2.45) is 0 Å². The first-order valence-corrected chi connectivity index (χ1v) is 7.61. The number of rotatable bonds is 7. The van der Waals surface area contributed by atoms with Gasteiger partial charge in [0.15, 0.2) is 0 Å². The largest absolute Gasteiger partial charge is 0.473 e. The maximum Gasteiger partial charge on any atom is 0.213 e. The number of benzene rings is 1. The first kappa shape index (κ1) is 15.0. The van der Waals surface area contributed by atoms with Gasteiger partial charge in [-0.2, -0.15) is 0 Å². The minimum Gasteiger partial charge on any atom is -0.473 e. The van der Waals surface area contributed by atoms with Gasteiger partial charge in [-0.1, -0.05) is 41.1 Å². The molecule has 0 bridgehead atoms. The fourth-order valence-electron chi connectivity index (χ4n) is 1.77. The summed E-state index contributed by atoms with van der Waals surface area (Å²) in [5.74, 6) is 0.670. The standard InChI is InChI=1S/C16H19BrN2O/c1-2-10-18-11-15-4-3-5-16(19-15)20-12-13-6-8-14(17)9-7-13/h3-9,18H,2,10-12H2,1H3. The lowest BCUT2D eigenvalue weighted by Gasteiger charge is -2.08. The van der Waals surface area contributed by atoms with E-state index in [4.69, 9.17) is 4.74 Å². The summed E-state index contributed by atoms with van der Waals surface area (Å²) in [5.41, 5.74) is 2.14. The Morgan fingerprint density at radius 3 is 2.70 bits per heavy atom. The molecule has 0 radical (unpaired) electrons. The van der Waals surface area contributed by atoms with Crippen molar-refractivity contribution in [2.75, 3.05) is 6.54 Å². The highest BCUT2D eigenvalue weighted by molar-refractivity contribution is 9.10. The molecule has 0 aliphatic heterocycles. The van der Waals surface area contributed by atoms with Gasteiger partial charge in [0.25, 0.3) is 0 Å². The molecule has 0 aliphatic carbocycles. The van der Waals surface area contributed by atoms with Crippen LogP contribution in [0, 0.1) is 0 Å². The molecule has 0 saturated carbocycles. The zero-order valence-electron chi connectivity index (χ0n) is 11.6. The van der Waals surface area contributed by atoms with E-state index in [0.29, 0.717) is 12.5 Å². The van der Waals surface area contributed by atoms with E-state index in [2.05, 4.69) is 33.2 Å². The van der Waals surface area contributed by atoms with Gasteiger partial charge in [-0.25, -0.2) is 4.98 Å². The van der Waals surface area contributed by atoms with Gasteiger partial charge in [0.2, 0.25) is 5.88 Å². The monoisotopic (exact) mass is 334 g/mol. The van der Waals surface area contributed by atoms with E-state index < -0.39 is 0 Å². The number of hydrogen-bond acceptors (Lipinski definition) is 3. The molecule has 0 fully saturated rings. The fraction of sp³-hybridized carbons (Fsp3) is 0.312. The molecular formula is C16H19BrN2O. The Bertz CT molecular complexity index is 528. The summed E-state index contributed by atoms with van der Waals surface area (Å²) < 4.78 is 6.80. The van der Waals surface area contributed by atoms with Crippen molar-refractivity contribution in [1.82, 2.24) is 10.3 Å². The molecule has 1 aromatic heterocycles. The summed E-state index contributed by atoms with van der Waals surface area (Å²) in [6.45, 7) is 4.47. The van der Waals surface area contributed by atoms with Crippen molar-refractivity contribution in [3.05, 3.63) is 58.2 Å². The Balaban J connectivity index is 1.89. The molecule has 106 valence electrons. The normalized spacial score (nSPS) is 10.5. The summed E-state index contributed by atoms with van der Waals surface area (Å²) in [5, 5.41) is 3.34. The fourth-order valence-corrected chi connectivity index (χ4v) is 2.03. The average molecular weight is 335 g/mol. The summed E-state index contributed by atoms with van der Waals surface area (Å²) in [6, 6.07) is 14.0. The number of halogens is 1. The quantitative estimate of drug-likeness (QED) is 0.779. The zero-order valence-corrected chi connectivity index (χ0v) is 13.2. The second-order valence-electron chi connectivity index (χ2n) is 4.56. The average Bonchev–Trinajstić information content (AvgIpc) is 2.47. The predicted octanol–water partition coefficient (Wildman–Crippen LogP) is 3.92. The molecule has 20 heavy (non-hydrogen) atoms. The van der Waals surface area contributed by atoms with Crippen molar-refractivity contribution in [3.8, 4) is 5.88 Å². The van der Waals surface area contributed by atoms with Crippen LogP contribution in [0.5, 0.6) is 5.88 Å². The molecule has 2 aromatic rings. The van der Waals surface area contributed by atoms with E-state index in [1.807, 2.05) is 42.5 Å². The Morgan fingerprint density at radius 2 is 1.95 bits per heavy atom. The van der Waals surface area contributed by atoms with E-state index in [1.165, 1.54) is 0 Å². The van der Waals surface area contributed by atoms with Crippen LogP contribution in [0.2, 0.25) is 0 Å². The molecule has 0 saturated heterocycles. The van der Waals surface area contributed by atoms with Crippen LogP contribution in [0.25, 0.3) is 0 Å². The lowest BCUT2D eigenvalue weighted by molar-refractivity contribution is 0.293. The summed E-state index contributed by atoms with van der Waals surface area (Å²) >= 11 is 3.42. The topological polar surface area (TPSA) is 34.1 Å². The first-order chi connectivity index (χ1) is 9.78. The van der Waals surface area contributed by atoms with Gasteiger partial charge in [0.05, 0.1) is 5.69 Å². The SMILES string of the molecule is CCCNCc1cccc(OCc2ccc(Br)cc2)n1. The van der Waals surface area contributed by atoms with Crippen molar-refractivity contribution in [2.45, 2.75) is 26.5 Å². The molecular weight excluding hydrogens is 316 g/mol.